The lowest BCUT2D eigenvalue weighted by Gasteiger charge is -2.38. The summed E-state index contributed by atoms with van der Waals surface area (Å²) in [4.78, 5) is 28.1. The molecule has 1 atom stereocenters. The van der Waals surface area contributed by atoms with E-state index in [-0.39, 0.29) is 17.9 Å². The Morgan fingerprint density at radius 1 is 1.08 bits per heavy atom. The molecule has 0 bridgehead atoms. The molecule has 5 nitrogen and oxygen atoms in total. The lowest BCUT2D eigenvalue weighted by Crippen LogP contribution is -2.51. The van der Waals surface area contributed by atoms with Crippen molar-refractivity contribution in [2.24, 2.45) is 5.73 Å². The van der Waals surface area contributed by atoms with Gasteiger partial charge in [-0.3, -0.25) is 14.5 Å². The van der Waals surface area contributed by atoms with Crippen molar-refractivity contribution < 1.29 is 9.59 Å². The number of nitrogens with two attached hydrogens (primary N) is 1. The fourth-order valence-corrected chi connectivity index (χ4v) is 3.90. The summed E-state index contributed by atoms with van der Waals surface area (Å²) in [6.45, 7) is 4.47. The third-order valence-corrected chi connectivity index (χ3v) is 5.36. The van der Waals surface area contributed by atoms with Gasteiger partial charge in [-0.2, -0.15) is 0 Å². The molecule has 2 heterocycles. The molecule has 2 saturated heterocycles. The van der Waals surface area contributed by atoms with Crippen LogP contribution in [-0.2, 0) is 9.59 Å². The number of carbonyl (C=O) groups is 2. The first-order valence-corrected chi connectivity index (χ1v) is 9.13. The Morgan fingerprint density at radius 3 is 2.40 bits per heavy atom. The van der Waals surface area contributed by atoms with Crippen molar-refractivity contribution in [3.05, 3.63) is 41.5 Å². The number of likely N-dealkylation sites (tertiary alicyclic amines) is 2. The topological polar surface area (TPSA) is 66.6 Å². The SMILES string of the molecule is Cc1ccc(/C=C\C(=O)N2CCC(N3CCC[C@@H]3C(N)=O)CC2)cc1. The number of aryl methyl sites for hydroxylation is 1. The first-order chi connectivity index (χ1) is 12.0. The number of hydrogen-bond acceptors (Lipinski definition) is 3. The minimum Gasteiger partial charge on any atom is -0.368 e. The van der Waals surface area contributed by atoms with Gasteiger partial charge >= 0.3 is 0 Å². The number of benzene rings is 1. The Morgan fingerprint density at radius 2 is 1.76 bits per heavy atom. The number of piperidine rings is 1. The van der Waals surface area contributed by atoms with Crippen molar-refractivity contribution in [2.45, 2.75) is 44.7 Å². The van der Waals surface area contributed by atoms with E-state index in [9.17, 15) is 9.59 Å². The number of amides is 2. The molecule has 2 amide bonds. The lowest BCUT2D eigenvalue weighted by atomic mass is 10.0. The van der Waals surface area contributed by atoms with Gasteiger partial charge in [0.05, 0.1) is 6.04 Å². The number of primary amides is 1. The number of hydrogen-bond donors (Lipinski definition) is 1. The molecule has 0 radical (unpaired) electrons. The number of nitrogens with zero attached hydrogens (tertiary/aromatic N) is 2. The fraction of sp³-hybridized carbons (Fsp3) is 0.500. The van der Waals surface area contributed by atoms with Crippen molar-refractivity contribution >= 4 is 17.9 Å². The minimum absolute atomic E-state index is 0.0619. The molecule has 2 fully saturated rings. The van der Waals surface area contributed by atoms with Crippen LogP contribution in [-0.4, -0.2) is 53.3 Å². The summed E-state index contributed by atoms with van der Waals surface area (Å²) in [6.07, 6.45) is 7.26. The quantitative estimate of drug-likeness (QED) is 0.851. The average molecular weight is 341 g/mol. The molecule has 0 spiro atoms. The second kappa shape index (κ2) is 7.83. The zero-order valence-corrected chi connectivity index (χ0v) is 14.9. The molecule has 0 saturated carbocycles. The van der Waals surface area contributed by atoms with Gasteiger partial charge in [-0.25, -0.2) is 0 Å². The molecule has 1 aromatic rings. The Kier molecular flexibility index (Phi) is 5.53. The Hall–Kier alpha value is -2.14. The van der Waals surface area contributed by atoms with Crippen molar-refractivity contribution in [2.75, 3.05) is 19.6 Å². The second-order valence-corrected chi connectivity index (χ2v) is 7.10. The van der Waals surface area contributed by atoms with Gasteiger partial charge in [-0.05, 0) is 50.8 Å². The van der Waals surface area contributed by atoms with Crippen LogP contribution in [0.3, 0.4) is 0 Å². The maximum absolute atomic E-state index is 12.4. The minimum atomic E-state index is -0.211. The Labute approximate surface area is 149 Å². The van der Waals surface area contributed by atoms with Crippen LogP contribution < -0.4 is 5.73 Å². The largest absolute Gasteiger partial charge is 0.368 e. The average Bonchev–Trinajstić information content (AvgIpc) is 3.11. The maximum atomic E-state index is 12.4. The van der Waals surface area contributed by atoms with Crippen LogP contribution in [0.4, 0.5) is 0 Å². The van der Waals surface area contributed by atoms with Crippen molar-refractivity contribution in [1.29, 1.82) is 0 Å². The predicted molar refractivity (Wildman–Crippen MR) is 98.7 cm³/mol. The molecular formula is C20H27N3O2. The second-order valence-electron chi connectivity index (χ2n) is 7.10. The molecule has 1 aromatic carbocycles. The van der Waals surface area contributed by atoms with Crippen molar-refractivity contribution in [3.63, 3.8) is 0 Å². The summed E-state index contributed by atoms with van der Waals surface area (Å²) < 4.78 is 0. The van der Waals surface area contributed by atoms with Gasteiger partial charge in [0.25, 0.3) is 0 Å². The Balaban J connectivity index is 1.52. The molecule has 5 heteroatoms. The van der Waals surface area contributed by atoms with E-state index in [0.29, 0.717) is 6.04 Å². The number of carbonyl (C=O) groups excluding carboxylic acids is 2. The summed E-state index contributed by atoms with van der Waals surface area (Å²) in [5.41, 5.74) is 7.77. The Bertz CT molecular complexity index is 645. The first kappa shape index (κ1) is 17.7. The predicted octanol–water partition coefficient (Wildman–Crippen LogP) is 1.95. The summed E-state index contributed by atoms with van der Waals surface area (Å²) in [5.74, 6) is -0.149. The highest BCUT2D eigenvalue weighted by molar-refractivity contribution is 5.91. The summed E-state index contributed by atoms with van der Waals surface area (Å²) in [7, 11) is 0. The van der Waals surface area contributed by atoms with Crippen LogP contribution in [0.5, 0.6) is 0 Å². The fourth-order valence-electron chi connectivity index (χ4n) is 3.90. The van der Waals surface area contributed by atoms with Crippen LogP contribution in [0.15, 0.2) is 30.3 Å². The molecule has 2 aliphatic rings. The van der Waals surface area contributed by atoms with E-state index in [1.807, 2.05) is 42.2 Å². The lowest BCUT2D eigenvalue weighted by molar-refractivity contribution is -0.129. The van der Waals surface area contributed by atoms with Crippen LogP contribution >= 0.6 is 0 Å². The van der Waals surface area contributed by atoms with Crippen LogP contribution in [0.1, 0.15) is 36.8 Å². The van der Waals surface area contributed by atoms with Crippen molar-refractivity contribution in [3.8, 4) is 0 Å². The standard InChI is InChI=1S/C20H27N3O2/c1-15-4-6-16(7-5-15)8-9-19(24)22-13-10-17(11-14-22)23-12-2-3-18(23)20(21)25/h4-9,17-18H,2-3,10-14H2,1H3,(H2,21,25)/b9-8-/t18-/m1/s1. The summed E-state index contributed by atoms with van der Waals surface area (Å²) >= 11 is 0. The van der Waals surface area contributed by atoms with Gasteiger partial charge in [-0.1, -0.05) is 29.8 Å². The highest BCUT2D eigenvalue weighted by Crippen LogP contribution is 2.26. The smallest absolute Gasteiger partial charge is 0.246 e. The molecule has 0 aromatic heterocycles. The summed E-state index contributed by atoms with van der Waals surface area (Å²) in [6, 6.07) is 8.37. The van der Waals surface area contributed by atoms with Gasteiger partial charge < -0.3 is 10.6 Å². The van der Waals surface area contributed by atoms with E-state index in [4.69, 9.17) is 5.73 Å². The molecule has 3 rings (SSSR count). The van der Waals surface area contributed by atoms with Gasteiger partial charge in [0, 0.05) is 25.2 Å². The molecule has 134 valence electrons. The van der Waals surface area contributed by atoms with E-state index < -0.39 is 0 Å². The maximum Gasteiger partial charge on any atom is 0.246 e. The van der Waals surface area contributed by atoms with Crippen LogP contribution in [0.25, 0.3) is 6.08 Å². The third kappa shape index (κ3) is 4.28. The highest BCUT2D eigenvalue weighted by atomic mass is 16.2. The van der Waals surface area contributed by atoms with Crippen LogP contribution in [0.2, 0.25) is 0 Å². The molecule has 25 heavy (non-hydrogen) atoms. The summed E-state index contributed by atoms with van der Waals surface area (Å²) in [5, 5.41) is 0. The molecular weight excluding hydrogens is 314 g/mol. The van der Waals surface area contributed by atoms with Gasteiger partial charge in [0.15, 0.2) is 0 Å². The highest BCUT2D eigenvalue weighted by Gasteiger charge is 2.35. The molecule has 2 aliphatic heterocycles. The van der Waals surface area contributed by atoms with E-state index >= 15 is 0 Å². The zero-order valence-electron chi connectivity index (χ0n) is 14.9. The van der Waals surface area contributed by atoms with E-state index in [0.717, 1.165) is 50.9 Å². The van der Waals surface area contributed by atoms with Crippen molar-refractivity contribution in [1.82, 2.24) is 9.80 Å². The first-order valence-electron chi connectivity index (χ1n) is 9.13. The van der Waals surface area contributed by atoms with E-state index in [2.05, 4.69) is 4.90 Å². The zero-order chi connectivity index (χ0) is 17.8. The monoisotopic (exact) mass is 341 g/mol. The van der Waals surface area contributed by atoms with E-state index in [1.165, 1.54) is 5.56 Å². The molecule has 2 N–H and O–H groups in total. The third-order valence-electron chi connectivity index (χ3n) is 5.36. The molecule has 0 unspecified atom stereocenters. The van der Waals surface area contributed by atoms with Crippen LogP contribution in [0, 0.1) is 6.92 Å². The number of rotatable bonds is 4. The van der Waals surface area contributed by atoms with Gasteiger partial charge in [0.2, 0.25) is 11.8 Å². The van der Waals surface area contributed by atoms with E-state index in [1.54, 1.807) is 6.08 Å². The van der Waals surface area contributed by atoms with Gasteiger partial charge in [-0.15, -0.1) is 0 Å². The molecule has 0 aliphatic carbocycles. The normalized spacial score (nSPS) is 22.6. The van der Waals surface area contributed by atoms with Gasteiger partial charge in [0.1, 0.15) is 0 Å².